The number of rotatable bonds is 53. The lowest BCUT2D eigenvalue weighted by molar-refractivity contribution is -0.870. The van der Waals surface area contributed by atoms with Gasteiger partial charge in [0.2, 0.25) is 5.91 Å². The number of likely N-dealkylation sites (N-methyl/N-ethyl adjacent to an activating group) is 1. The van der Waals surface area contributed by atoms with Gasteiger partial charge in [-0.2, -0.15) is 0 Å². The van der Waals surface area contributed by atoms with E-state index in [4.69, 9.17) is 9.05 Å². The number of nitrogens with zero attached hydrogens (tertiary/aromatic N) is 1. The first-order valence-electron chi connectivity index (χ1n) is 28.6. The Morgan fingerprint density at radius 3 is 1.18 bits per heavy atom. The number of nitrogens with one attached hydrogen (secondary N) is 1. The fourth-order valence-corrected chi connectivity index (χ4v) is 9.49. The molecule has 0 saturated carbocycles. The molecule has 0 heterocycles. The number of carbonyl (C=O) groups excluding carboxylic acids is 1. The third kappa shape index (κ3) is 50.9. The summed E-state index contributed by atoms with van der Waals surface area (Å²) in [6.07, 6.45) is 58.3. The molecule has 3 unspecified atom stereocenters. The van der Waals surface area contributed by atoms with Crippen molar-refractivity contribution in [1.29, 1.82) is 0 Å². The number of carbonyl (C=O) groups is 1. The standard InChI is InChI=1S/C56H113N2O6P/c1-6-8-10-12-14-16-18-20-22-24-26-27-28-29-30-31-32-34-36-38-40-42-44-46-48-50-56(60)57-54(53-64-65(61,62)63-52-51-58(3,4)5)55(59)49-47-45-43-41-39-37-35-33-25-23-21-19-17-15-13-11-9-7-2/h24,26,54-55,59H,6-23,25,27-53H2,1-5H3,(H-,57,60,61,62)/p+1/b26-24-. The SMILES string of the molecule is CCCCCCCCCC/C=C\CCCCCCCCCCCCCCCC(=O)NC(COP(=O)(O)OCC[N+](C)(C)C)C(O)CCCCCCCCCCCCCCCCCCCC. The van der Waals surface area contributed by atoms with E-state index in [2.05, 4.69) is 31.3 Å². The lowest BCUT2D eigenvalue weighted by Crippen LogP contribution is -2.46. The molecule has 0 aliphatic heterocycles. The quantitative estimate of drug-likeness (QED) is 0.0243. The molecule has 0 saturated heterocycles. The Morgan fingerprint density at radius 1 is 0.508 bits per heavy atom. The molecule has 0 aliphatic rings. The van der Waals surface area contributed by atoms with Crippen molar-refractivity contribution in [3.8, 4) is 0 Å². The molecule has 0 rings (SSSR count). The molecular formula is C56H114N2O6P+. The zero-order valence-electron chi connectivity index (χ0n) is 44.3. The molecule has 65 heavy (non-hydrogen) atoms. The minimum atomic E-state index is -4.32. The summed E-state index contributed by atoms with van der Waals surface area (Å²) in [6.45, 7) is 4.93. The van der Waals surface area contributed by atoms with Crippen molar-refractivity contribution in [3.05, 3.63) is 12.2 Å². The molecule has 3 atom stereocenters. The van der Waals surface area contributed by atoms with Gasteiger partial charge in [-0.3, -0.25) is 13.8 Å². The Bertz CT molecular complexity index is 1070. The van der Waals surface area contributed by atoms with Gasteiger partial charge >= 0.3 is 7.82 Å². The van der Waals surface area contributed by atoms with Crippen molar-refractivity contribution in [2.75, 3.05) is 40.9 Å². The Labute approximate surface area is 405 Å². The number of phosphoric ester groups is 1. The first-order chi connectivity index (χ1) is 31.5. The Balaban J connectivity index is 4.13. The van der Waals surface area contributed by atoms with Gasteiger partial charge in [-0.1, -0.05) is 257 Å². The van der Waals surface area contributed by atoms with Crippen molar-refractivity contribution in [2.24, 2.45) is 0 Å². The Kier molecular flexibility index (Phi) is 47.7. The molecule has 9 heteroatoms. The second-order valence-electron chi connectivity index (χ2n) is 21.0. The van der Waals surface area contributed by atoms with Crippen LogP contribution in [0.4, 0.5) is 0 Å². The zero-order chi connectivity index (χ0) is 47.8. The maximum Gasteiger partial charge on any atom is 0.472 e. The summed E-state index contributed by atoms with van der Waals surface area (Å²) in [6, 6.07) is -0.757. The highest BCUT2D eigenvalue weighted by molar-refractivity contribution is 7.47. The molecule has 8 nitrogen and oxygen atoms in total. The predicted molar refractivity (Wildman–Crippen MR) is 282 cm³/mol. The van der Waals surface area contributed by atoms with Crippen LogP contribution in [0.5, 0.6) is 0 Å². The number of hydrogen-bond acceptors (Lipinski definition) is 5. The molecule has 0 fully saturated rings. The molecule has 388 valence electrons. The minimum absolute atomic E-state index is 0.0775. The molecular weight excluding hydrogens is 828 g/mol. The second kappa shape index (κ2) is 48.3. The predicted octanol–water partition coefficient (Wildman–Crippen LogP) is 17.0. The molecule has 0 spiro atoms. The van der Waals surface area contributed by atoms with Crippen molar-refractivity contribution >= 4 is 13.7 Å². The van der Waals surface area contributed by atoms with Crippen LogP contribution in [-0.2, 0) is 18.4 Å². The van der Waals surface area contributed by atoms with Crippen molar-refractivity contribution < 1.29 is 32.9 Å². The number of aliphatic hydroxyl groups is 1. The molecule has 3 N–H and O–H groups in total. The Hall–Kier alpha value is -0.760. The lowest BCUT2D eigenvalue weighted by atomic mass is 10.0. The number of aliphatic hydroxyl groups excluding tert-OH is 1. The average molecular weight is 943 g/mol. The van der Waals surface area contributed by atoms with Gasteiger partial charge in [-0.25, -0.2) is 4.57 Å². The molecule has 0 aromatic carbocycles. The minimum Gasteiger partial charge on any atom is -0.391 e. The van der Waals surface area contributed by atoms with E-state index in [0.717, 1.165) is 38.5 Å². The molecule has 0 aromatic heterocycles. The van der Waals surface area contributed by atoms with Crippen molar-refractivity contribution in [1.82, 2.24) is 5.32 Å². The molecule has 0 aromatic rings. The highest BCUT2D eigenvalue weighted by Crippen LogP contribution is 2.43. The number of hydrogen-bond donors (Lipinski definition) is 3. The first kappa shape index (κ1) is 64.2. The molecule has 0 aliphatic carbocycles. The van der Waals surface area contributed by atoms with Crippen LogP contribution in [0.15, 0.2) is 12.2 Å². The molecule has 1 amide bonds. The zero-order valence-corrected chi connectivity index (χ0v) is 45.2. The van der Waals surface area contributed by atoms with E-state index in [1.807, 2.05) is 21.1 Å². The third-order valence-corrected chi connectivity index (χ3v) is 14.2. The number of phosphoric acid groups is 1. The summed E-state index contributed by atoms with van der Waals surface area (Å²) in [5.74, 6) is -0.139. The highest BCUT2D eigenvalue weighted by atomic mass is 31.2. The van der Waals surface area contributed by atoms with Crippen LogP contribution in [0, 0.1) is 0 Å². The lowest BCUT2D eigenvalue weighted by Gasteiger charge is -2.26. The Morgan fingerprint density at radius 2 is 0.831 bits per heavy atom. The van der Waals surface area contributed by atoms with Crippen LogP contribution >= 0.6 is 7.82 Å². The summed E-state index contributed by atoms with van der Waals surface area (Å²) in [5, 5.41) is 14.1. The average Bonchev–Trinajstić information content (AvgIpc) is 3.26. The monoisotopic (exact) mass is 942 g/mol. The number of allylic oxidation sites excluding steroid dienone is 2. The van der Waals surface area contributed by atoms with Gasteiger partial charge in [-0.05, 0) is 38.5 Å². The number of quaternary nitrogens is 1. The van der Waals surface area contributed by atoms with E-state index in [0.29, 0.717) is 23.9 Å². The van der Waals surface area contributed by atoms with Crippen LogP contribution in [-0.4, -0.2) is 73.4 Å². The molecule has 0 bridgehead atoms. The highest BCUT2D eigenvalue weighted by Gasteiger charge is 2.28. The van der Waals surface area contributed by atoms with E-state index in [1.165, 1.54) is 225 Å². The normalized spacial score (nSPS) is 14.0. The van der Waals surface area contributed by atoms with Crippen molar-refractivity contribution in [3.63, 3.8) is 0 Å². The maximum atomic E-state index is 13.0. The van der Waals surface area contributed by atoms with E-state index < -0.39 is 20.0 Å². The van der Waals surface area contributed by atoms with Crippen LogP contribution in [0.25, 0.3) is 0 Å². The van der Waals surface area contributed by atoms with Gasteiger partial charge in [0.25, 0.3) is 0 Å². The topological polar surface area (TPSA) is 105 Å². The van der Waals surface area contributed by atoms with Gasteiger partial charge in [0.15, 0.2) is 0 Å². The summed E-state index contributed by atoms with van der Waals surface area (Å²) in [4.78, 5) is 23.3. The fraction of sp³-hybridized carbons (Fsp3) is 0.946. The number of amides is 1. The van der Waals surface area contributed by atoms with Gasteiger partial charge in [0, 0.05) is 6.42 Å². The molecule has 0 radical (unpaired) electrons. The first-order valence-corrected chi connectivity index (χ1v) is 30.0. The van der Waals surface area contributed by atoms with E-state index >= 15 is 0 Å². The summed E-state index contributed by atoms with van der Waals surface area (Å²) >= 11 is 0. The van der Waals surface area contributed by atoms with Crippen LogP contribution in [0.2, 0.25) is 0 Å². The van der Waals surface area contributed by atoms with Crippen LogP contribution in [0.1, 0.15) is 290 Å². The largest absolute Gasteiger partial charge is 0.472 e. The third-order valence-electron chi connectivity index (χ3n) is 13.3. The van der Waals surface area contributed by atoms with Gasteiger partial charge in [-0.15, -0.1) is 0 Å². The fourth-order valence-electron chi connectivity index (χ4n) is 8.75. The second-order valence-corrected chi connectivity index (χ2v) is 22.5. The van der Waals surface area contributed by atoms with Crippen molar-refractivity contribution in [2.45, 2.75) is 302 Å². The summed E-state index contributed by atoms with van der Waals surface area (Å²) < 4.78 is 23.8. The van der Waals surface area contributed by atoms with Gasteiger partial charge < -0.3 is 19.8 Å². The maximum absolute atomic E-state index is 13.0. The van der Waals surface area contributed by atoms with Crippen LogP contribution in [0.3, 0.4) is 0 Å². The smallest absolute Gasteiger partial charge is 0.391 e. The summed E-state index contributed by atoms with van der Waals surface area (Å²) in [7, 11) is 1.63. The van der Waals surface area contributed by atoms with E-state index in [1.54, 1.807) is 0 Å². The number of unbranched alkanes of at least 4 members (excludes halogenated alkanes) is 38. The van der Waals surface area contributed by atoms with E-state index in [-0.39, 0.29) is 19.1 Å². The van der Waals surface area contributed by atoms with Crippen LogP contribution < -0.4 is 5.32 Å². The van der Waals surface area contributed by atoms with Gasteiger partial charge in [0.1, 0.15) is 13.2 Å². The van der Waals surface area contributed by atoms with Gasteiger partial charge in [0.05, 0.1) is 39.9 Å². The van der Waals surface area contributed by atoms with E-state index in [9.17, 15) is 19.4 Å². The summed E-state index contributed by atoms with van der Waals surface area (Å²) in [5.41, 5.74) is 0.